The summed E-state index contributed by atoms with van der Waals surface area (Å²) in [7, 11) is -1.80. The first-order valence-electron chi connectivity index (χ1n) is 6.33. The lowest BCUT2D eigenvalue weighted by Crippen LogP contribution is -2.31. The zero-order valence-corrected chi connectivity index (χ0v) is 13.2. The largest absolute Gasteiger partial charge is 0.378 e. The minimum Gasteiger partial charge on any atom is -0.378 e. The zero-order chi connectivity index (χ0) is 13.9. The van der Waals surface area contributed by atoms with Crippen molar-refractivity contribution >= 4 is 33.0 Å². The zero-order valence-electron chi connectivity index (χ0n) is 10.8. The maximum Gasteiger partial charge on any atom is 0.252 e. The maximum absolute atomic E-state index is 12.3. The molecule has 19 heavy (non-hydrogen) atoms. The fourth-order valence-corrected chi connectivity index (χ4v) is 4.95. The minimum absolute atomic E-state index is 0.193. The second kappa shape index (κ2) is 6.54. The number of thiophene rings is 1. The van der Waals surface area contributed by atoms with E-state index in [1.54, 1.807) is 19.2 Å². The lowest BCUT2D eigenvalue weighted by atomic mass is 10.1. The Morgan fingerprint density at radius 2 is 2.26 bits per heavy atom. The molecule has 2 rings (SSSR count). The van der Waals surface area contributed by atoms with Gasteiger partial charge in [-0.25, -0.2) is 12.7 Å². The van der Waals surface area contributed by atoms with Crippen LogP contribution in [0.4, 0.5) is 0 Å². The molecule has 108 valence electrons. The standard InChI is InChI=1S/C12H18ClNO3S2/c1-14(8-7-10-4-2-3-9-17-10)19(15,16)12-6-5-11(13)18-12/h5-6,10H,2-4,7-9H2,1H3. The Balaban J connectivity index is 1.93. The molecule has 0 bridgehead atoms. The Hall–Kier alpha value is -0.140. The monoisotopic (exact) mass is 323 g/mol. The maximum atomic E-state index is 12.3. The fraction of sp³-hybridized carbons (Fsp3) is 0.667. The van der Waals surface area contributed by atoms with Gasteiger partial charge < -0.3 is 4.74 Å². The lowest BCUT2D eigenvalue weighted by molar-refractivity contribution is 0.00951. The third kappa shape index (κ3) is 3.92. The molecule has 1 aliphatic rings. The summed E-state index contributed by atoms with van der Waals surface area (Å²) in [5.41, 5.74) is 0. The van der Waals surface area contributed by atoms with Crippen LogP contribution >= 0.6 is 22.9 Å². The van der Waals surface area contributed by atoms with Crippen LogP contribution in [0.15, 0.2) is 16.3 Å². The number of sulfonamides is 1. The van der Waals surface area contributed by atoms with Crippen molar-refractivity contribution in [1.29, 1.82) is 0 Å². The van der Waals surface area contributed by atoms with E-state index in [2.05, 4.69) is 0 Å². The van der Waals surface area contributed by atoms with Gasteiger partial charge in [0.1, 0.15) is 4.21 Å². The SMILES string of the molecule is CN(CCC1CCCCO1)S(=O)(=O)c1ccc(Cl)s1. The summed E-state index contributed by atoms with van der Waals surface area (Å²) >= 11 is 6.87. The van der Waals surface area contributed by atoms with E-state index in [1.165, 1.54) is 10.7 Å². The van der Waals surface area contributed by atoms with Crippen molar-refractivity contribution in [2.24, 2.45) is 0 Å². The summed E-state index contributed by atoms with van der Waals surface area (Å²) < 4.78 is 32.3. The van der Waals surface area contributed by atoms with Crippen LogP contribution < -0.4 is 0 Å². The van der Waals surface area contributed by atoms with Crippen LogP contribution in [0.25, 0.3) is 0 Å². The van der Waals surface area contributed by atoms with Gasteiger partial charge in [0.25, 0.3) is 10.0 Å². The Labute approximate surface area is 123 Å². The number of ether oxygens (including phenoxy) is 1. The molecular formula is C12H18ClNO3S2. The van der Waals surface area contributed by atoms with Crippen molar-refractivity contribution in [2.75, 3.05) is 20.2 Å². The highest BCUT2D eigenvalue weighted by atomic mass is 35.5. The predicted octanol–water partition coefficient (Wildman–Crippen LogP) is 2.98. The van der Waals surface area contributed by atoms with E-state index < -0.39 is 10.0 Å². The first-order valence-corrected chi connectivity index (χ1v) is 8.97. The minimum atomic E-state index is -3.41. The molecule has 0 radical (unpaired) electrons. The number of nitrogens with zero attached hydrogens (tertiary/aromatic N) is 1. The molecule has 0 saturated carbocycles. The number of halogens is 1. The second-order valence-corrected chi connectivity index (χ2v) is 8.65. The molecule has 1 saturated heterocycles. The number of hydrogen-bond acceptors (Lipinski definition) is 4. The highest BCUT2D eigenvalue weighted by Gasteiger charge is 2.24. The summed E-state index contributed by atoms with van der Waals surface area (Å²) in [5, 5.41) is 0. The molecule has 1 unspecified atom stereocenters. The van der Waals surface area contributed by atoms with E-state index in [0.29, 0.717) is 15.1 Å². The van der Waals surface area contributed by atoms with Crippen LogP contribution in [0.1, 0.15) is 25.7 Å². The van der Waals surface area contributed by atoms with Crippen molar-refractivity contribution < 1.29 is 13.2 Å². The Bertz CT molecular complexity index is 509. The lowest BCUT2D eigenvalue weighted by Gasteiger charge is -2.24. The molecule has 0 aromatic carbocycles. The Kier molecular flexibility index (Phi) is 5.25. The summed E-state index contributed by atoms with van der Waals surface area (Å²) in [6, 6.07) is 3.16. The van der Waals surface area contributed by atoms with Crippen LogP contribution in [0.2, 0.25) is 4.34 Å². The summed E-state index contributed by atoms with van der Waals surface area (Å²) in [4.78, 5) is 0. The fourth-order valence-electron chi connectivity index (χ4n) is 2.07. The van der Waals surface area contributed by atoms with Gasteiger partial charge in [-0.1, -0.05) is 11.6 Å². The van der Waals surface area contributed by atoms with Gasteiger partial charge in [-0.05, 0) is 37.8 Å². The molecule has 0 aliphatic carbocycles. The second-order valence-electron chi connectivity index (χ2n) is 4.66. The average molecular weight is 324 g/mol. The Morgan fingerprint density at radius 1 is 1.47 bits per heavy atom. The number of hydrogen-bond donors (Lipinski definition) is 0. The molecular weight excluding hydrogens is 306 g/mol. The van der Waals surface area contributed by atoms with Crippen molar-refractivity contribution in [2.45, 2.75) is 36.0 Å². The van der Waals surface area contributed by atoms with E-state index in [4.69, 9.17) is 16.3 Å². The molecule has 2 heterocycles. The van der Waals surface area contributed by atoms with E-state index in [-0.39, 0.29) is 6.10 Å². The quantitative estimate of drug-likeness (QED) is 0.837. The van der Waals surface area contributed by atoms with Gasteiger partial charge in [0, 0.05) is 20.2 Å². The molecule has 1 aromatic heterocycles. The van der Waals surface area contributed by atoms with Gasteiger partial charge in [-0.3, -0.25) is 0 Å². The van der Waals surface area contributed by atoms with Crippen molar-refractivity contribution in [3.8, 4) is 0 Å². The van der Waals surface area contributed by atoms with Crippen LogP contribution in [-0.2, 0) is 14.8 Å². The van der Waals surface area contributed by atoms with Crippen molar-refractivity contribution in [3.05, 3.63) is 16.5 Å². The summed E-state index contributed by atoms with van der Waals surface area (Å²) in [6.45, 7) is 1.27. The molecule has 1 fully saturated rings. The van der Waals surface area contributed by atoms with Gasteiger partial charge >= 0.3 is 0 Å². The molecule has 0 N–H and O–H groups in total. The van der Waals surface area contributed by atoms with Crippen LogP contribution in [0, 0.1) is 0 Å². The highest BCUT2D eigenvalue weighted by Crippen LogP contribution is 2.28. The van der Waals surface area contributed by atoms with Gasteiger partial charge in [0.15, 0.2) is 0 Å². The third-order valence-corrected chi connectivity index (χ3v) is 6.81. The van der Waals surface area contributed by atoms with Crippen LogP contribution in [0.5, 0.6) is 0 Å². The highest BCUT2D eigenvalue weighted by molar-refractivity contribution is 7.91. The summed E-state index contributed by atoms with van der Waals surface area (Å²) in [6.07, 6.45) is 4.24. The van der Waals surface area contributed by atoms with Crippen LogP contribution in [0.3, 0.4) is 0 Å². The predicted molar refractivity (Wildman–Crippen MR) is 77.4 cm³/mol. The third-order valence-electron chi connectivity index (χ3n) is 3.25. The summed E-state index contributed by atoms with van der Waals surface area (Å²) in [5.74, 6) is 0. The topological polar surface area (TPSA) is 46.6 Å². The molecule has 4 nitrogen and oxygen atoms in total. The van der Waals surface area contributed by atoms with E-state index in [0.717, 1.165) is 37.2 Å². The van der Waals surface area contributed by atoms with Crippen LogP contribution in [-0.4, -0.2) is 39.0 Å². The molecule has 1 atom stereocenters. The molecule has 1 aromatic rings. The van der Waals surface area contributed by atoms with Gasteiger partial charge in [-0.2, -0.15) is 0 Å². The van der Waals surface area contributed by atoms with Gasteiger partial charge in [-0.15, -0.1) is 11.3 Å². The normalized spacial score (nSPS) is 20.9. The van der Waals surface area contributed by atoms with Gasteiger partial charge in [0.05, 0.1) is 10.4 Å². The molecule has 0 spiro atoms. The number of rotatable bonds is 5. The van der Waals surface area contributed by atoms with Crippen molar-refractivity contribution in [3.63, 3.8) is 0 Å². The average Bonchev–Trinajstić information content (AvgIpc) is 2.84. The van der Waals surface area contributed by atoms with E-state index in [1.807, 2.05) is 0 Å². The Morgan fingerprint density at radius 3 is 2.84 bits per heavy atom. The molecule has 7 heteroatoms. The van der Waals surface area contributed by atoms with E-state index >= 15 is 0 Å². The first-order chi connectivity index (χ1) is 9.00. The molecule has 0 amide bonds. The van der Waals surface area contributed by atoms with E-state index in [9.17, 15) is 8.42 Å². The van der Waals surface area contributed by atoms with Crippen molar-refractivity contribution in [1.82, 2.24) is 4.31 Å². The first kappa shape index (κ1) is 15.3. The molecule has 1 aliphatic heterocycles. The smallest absolute Gasteiger partial charge is 0.252 e. The van der Waals surface area contributed by atoms with Gasteiger partial charge in [0.2, 0.25) is 0 Å².